The van der Waals surface area contributed by atoms with Crippen LogP contribution in [0.5, 0.6) is 0 Å². The van der Waals surface area contributed by atoms with E-state index < -0.39 is 0 Å². The van der Waals surface area contributed by atoms with Crippen molar-refractivity contribution in [3.8, 4) is 11.1 Å². The molecule has 0 amide bonds. The summed E-state index contributed by atoms with van der Waals surface area (Å²) in [5, 5.41) is 7.36. The van der Waals surface area contributed by atoms with Crippen LogP contribution in [0.1, 0.15) is 36.7 Å². The summed E-state index contributed by atoms with van der Waals surface area (Å²) < 4.78 is 0.778. The van der Waals surface area contributed by atoms with E-state index in [1.54, 1.807) is 0 Å². The second-order valence-corrected chi connectivity index (χ2v) is 8.24. The lowest BCUT2D eigenvalue weighted by atomic mass is 9.93. The number of hydrogen-bond acceptors (Lipinski definition) is 4. The number of nitrogens with zero attached hydrogens (tertiary/aromatic N) is 1. The summed E-state index contributed by atoms with van der Waals surface area (Å²) in [5.41, 5.74) is 6.35. The first kappa shape index (κ1) is 18.8. The highest BCUT2D eigenvalue weighted by Crippen LogP contribution is 2.37. The Morgan fingerprint density at radius 3 is 2.64 bits per heavy atom. The molecule has 1 aromatic carbocycles. The molecule has 4 rings (SSSR count). The molecule has 3 heterocycles. The number of H-pyrrole nitrogens is 1. The third-order valence-corrected chi connectivity index (χ3v) is 6.36. The minimum atomic E-state index is -0.0335. The zero-order chi connectivity index (χ0) is 19.8. The predicted molar refractivity (Wildman–Crippen MR) is 120 cm³/mol. The minimum Gasteiger partial charge on any atom is -0.319 e. The van der Waals surface area contributed by atoms with Gasteiger partial charge in [0.1, 0.15) is 4.70 Å². The molecule has 28 heavy (non-hydrogen) atoms. The predicted octanol–water partition coefficient (Wildman–Crippen LogP) is 5.00. The lowest BCUT2D eigenvalue weighted by Gasteiger charge is -2.16. The van der Waals surface area contributed by atoms with Crippen LogP contribution in [0, 0.1) is 6.92 Å². The van der Waals surface area contributed by atoms with E-state index >= 15 is 0 Å². The quantitative estimate of drug-likeness (QED) is 0.503. The number of hydrogen-bond donors (Lipinski definition) is 2. The van der Waals surface area contributed by atoms with Gasteiger partial charge >= 0.3 is 0 Å². The van der Waals surface area contributed by atoms with Crippen LogP contribution >= 0.6 is 11.3 Å². The fraction of sp³-hybridized carbons (Fsp3) is 0.304. The van der Waals surface area contributed by atoms with Crippen molar-refractivity contribution in [2.45, 2.75) is 33.1 Å². The van der Waals surface area contributed by atoms with Crippen LogP contribution in [0.25, 0.3) is 32.1 Å². The van der Waals surface area contributed by atoms with Crippen LogP contribution in [0.2, 0.25) is 0 Å². The molecule has 0 unspecified atom stereocenters. The SMILES string of the molecule is CCc1nc(C)c2[nH]c(=O)c3sccc3c2c1-c1ccc([C@@H](C)CNC)cc1. The molecule has 4 nitrogen and oxygen atoms in total. The largest absolute Gasteiger partial charge is 0.319 e. The van der Waals surface area contributed by atoms with Gasteiger partial charge in [-0.15, -0.1) is 11.3 Å². The van der Waals surface area contributed by atoms with E-state index in [9.17, 15) is 4.79 Å². The average molecular weight is 392 g/mol. The summed E-state index contributed by atoms with van der Waals surface area (Å²) in [6.07, 6.45) is 0.842. The number of aryl methyl sites for hydroxylation is 2. The van der Waals surface area contributed by atoms with Crippen molar-refractivity contribution in [3.05, 3.63) is 63.0 Å². The first-order valence-electron chi connectivity index (χ1n) is 9.72. The Morgan fingerprint density at radius 1 is 1.21 bits per heavy atom. The van der Waals surface area contributed by atoms with Crippen molar-refractivity contribution in [1.82, 2.24) is 15.3 Å². The van der Waals surface area contributed by atoms with Crippen molar-refractivity contribution in [2.24, 2.45) is 0 Å². The average Bonchev–Trinajstić information content (AvgIpc) is 3.19. The summed E-state index contributed by atoms with van der Waals surface area (Å²) in [6.45, 7) is 7.29. The molecule has 0 saturated heterocycles. The van der Waals surface area contributed by atoms with E-state index in [2.05, 4.69) is 54.5 Å². The fourth-order valence-electron chi connectivity index (χ4n) is 4.01. The van der Waals surface area contributed by atoms with Gasteiger partial charge < -0.3 is 10.3 Å². The molecule has 0 aliphatic rings. The molecular formula is C23H25N3OS. The number of thiophene rings is 1. The summed E-state index contributed by atoms with van der Waals surface area (Å²) in [4.78, 5) is 20.4. The zero-order valence-corrected chi connectivity index (χ0v) is 17.5. The lowest BCUT2D eigenvalue weighted by Crippen LogP contribution is -2.14. The molecule has 3 aromatic heterocycles. The van der Waals surface area contributed by atoms with Crippen LogP contribution in [0.3, 0.4) is 0 Å². The monoisotopic (exact) mass is 391 g/mol. The summed E-state index contributed by atoms with van der Waals surface area (Å²) in [5.74, 6) is 0.456. The first-order chi connectivity index (χ1) is 13.5. The number of fused-ring (bicyclic) bond motifs is 3. The fourth-order valence-corrected chi connectivity index (χ4v) is 4.80. The van der Waals surface area contributed by atoms with Gasteiger partial charge in [0.15, 0.2) is 0 Å². The van der Waals surface area contributed by atoms with Crippen molar-refractivity contribution < 1.29 is 0 Å². The van der Waals surface area contributed by atoms with Crippen molar-refractivity contribution >= 4 is 32.3 Å². The van der Waals surface area contributed by atoms with Crippen LogP contribution in [-0.4, -0.2) is 23.6 Å². The van der Waals surface area contributed by atoms with Gasteiger partial charge in [0, 0.05) is 28.6 Å². The van der Waals surface area contributed by atoms with Gasteiger partial charge in [-0.3, -0.25) is 9.78 Å². The Bertz CT molecular complexity index is 1200. The van der Waals surface area contributed by atoms with Crippen molar-refractivity contribution in [3.63, 3.8) is 0 Å². The second-order valence-electron chi connectivity index (χ2n) is 7.32. The molecular weight excluding hydrogens is 366 g/mol. The Morgan fingerprint density at radius 2 is 1.96 bits per heavy atom. The number of aromatic amines is 1. The maximum atomic E-state index is 12.5. The maximum absolute atomic E-state index is 12.5. The highest BCUT2D eigenvalue weighted by Gasteiger charge is 2.18. The van der Waals surface area contributed by atoms with Gasteiger partial charge in [-0.2, -0.15) is 0 Å². The molecule has 0 spiro atoms. The third-order valence-electron chi connectivity index (χ3n) is 5.45. The van der Waals surface area contributed by atoms with Crippen LogP contribution in [0.15, 0.2) is 40.5 Å². The molecule has 0 radical (unpaired) electrons. The molecule has 0 aliphatic carbocycles. The zero-order valence-electron chi connectivity index (χ0n) is 16.7. The van der Waals surface area contributed by atoms with E-state index in [0.717, 1.165) is 56.5 Å². The number of aromatic nitrogens is 2. The number of likely N-dealkylation sites (N-methyl/N-ethyl adjacent to an activating group) is 1. The Kier molecular flexibility index (Phi) is 5.04. The molecule has 0 saturated carbocycles. The maximum Gasteiger partial charge on any atom is 0.266 e. The second kappa shape index (κ2) is 7.49. The minimum absolute atomic E-state index is 0.0335. The van der Waals surface area contributed by atoms with Gasteiger partial charge in [-0.1, -0.05) is 38.1 Å². The van der Waals surface area contributed by atoms with E-state index in [0.29, 0.717) is 5.92 Å². The molecule has 144 valence electrons. The molecule has 4 aromatic rings. The Hall–Kier alpha value is -2.50. The summed E-state index contributed by atoms with van der Waals surface area (Å²) in [6, 6.07) is 10.9. The van der Waals surface area contributed by atoms with Gasteiger partial charge in [0.25, 0.3) is 5.56 Å². The van der Waals surface area contributed by atoms with E-state index in [4.69, 9.17) is 4.98 Å². The summed E-state index contributed by atoms with van der Waals surface area (Å²) >= 11 is 1.49. The van der Waals surface area contributed by atoms with Crippen LogP contribution in [0.4, 0.5) is 0 Å². The van der Waals surface area contributed by atoms with E-state index in [1.807, 2.05) is 19.4 Å². The smallest absolute Gasteiger partial charge is 0.266 e. The first-order valence-corrected chi connectivity index (χ1v) is 10.6. The van der Waals surface area contributed by atoms with Crippen molar-refractivity contribution in [1.29, 1.82) is 0 Å². The number of nitrogens with one attached hydrogen (secondary N) is 2. The third kappa shape index (κ3) is 3.05. The topological polar surface area (TPSA) is 57.8 Å². The van der Waals surface area contributed by atoms with Gasteiger partial charge in [-0.05, 0) is 48.9 Å². The van der Waals surface area contributed by atoms with Gasteiger partial charge in [-0.25, -0.2) is 0 Å². The number of pyridine rings is 2. The molecule has 0 fully saturated rings. The van der Waals surface area contributed by atoms with E-state index in [-0.39, 0.29) is 5.56 Å². The molecule has 0 aliphatic heterocycles. The molecule has 2 N–H and O–H groups in total. The van der Waals surface area contributed by atoms with Gasteiger partial charge in [0.2, 0.25) is 0 Å². The van der Waals surface area contributed by atoms with Crippen LogP contribution < -0.4 is 10.9 Å². The molecule has 5 heteroatoms. The normalized spacial score (nSPS) is 12.7. The number of benzene rings is 1. The lowest BCUT2D eigenvalue weighted by molar-refractivity contribution is 0.678. The van der Waals surface area contributed by atoms with E-state index in [1.165, 1.54) is 16.9 Å². The van der Waals surface area contributed by atoms with Crippen molar-refractivity contribution in [2.75, 3.05) is 13.6 Å². The highest BCUT2D eigenvalue weighted by molar-refractivity contribution is 7.17. The Labute approximate surface area is 168 Å². The van der Waals surface area contributed by atoms with Gasteiger partial charge in [0.05, 0.1) is 11.2 Å². The molecule has 0 bridgehead atoms. The highest BCUT2D eigenvalue weighted by atomic mass is 32.1. The summed E-state index contributed by atoms with van der Waals surface area (Å²) in [7, 11) is 1.98. The molecule has 1 atom stereocenters. The van der Waals surface area contributed by atoms with Crippen LogP contribution in [-0.2, 0) is 6.42 Å². The standard InChI is InChI=1S/C23H25N3OS/c1-5-18-19(16-8-6-15(7-9-16)13(2)12-24-4)20-17-10-11-28-22(17)23(27)26-21(20)14(3)25-18/h6-11,13,24H,5,12H2,1-4H3,(H,26,27)/t13-/m0/s1. The Balaban J connectivity index is 2.02. The number of rotatable bonds is 5.